The van der Waals surface area contributed by atoms with Crippen LogP contribution >= 0.6 is 11.6 Å². The lowest BCUT2D eigenvalue weighted by molar-refractivity contribution is -0.135. The van der Waals surface area contributed by atoms with Crippen LogP contribution in [0.1, 0.15) is 26.2 Å². The molecule has 0 radical (unpaired) electrons. The number of carboxylic acid groups (broad SMARTS) is 1. The highest BCUT2D eigenvalue weighted by Gasteiger charge is 2.18. The molecule has 20 heavy (non-hydrogen) atoms. The third kappa shape index (κ3) is 5.48. The largest absolute Gasteiger partial charge is 0.480 e. The number of carboxylic acids is 1. The molecule has 1 aromatic rings. The third-order valence-electron chi connectivity index (χ3n) is 2.71. The summed E-state index contributed by atoms with van der Waals surface area (Å²) in [5, 5.41) is 12.1. The SMILES string of the molecule is CCCCCNC(=O)N(CC(=O)O)c1cccc(Cl)c1. The minimum atomic E-state index is -1.08. The number of anilines is 1. The Morgan fingerprint density at radius 3 is 2.70 bits per heavy atom. The fourth-order valence-corrected chi connectivity index (χ4v) is 1.91. The Morgan fingerprint density at radius 2 is 2.10 bits per heavy atom. The number of carbonyl (C=O) groups excluding carboxylic acids is 1. The van der Waals surface area contributed by atoms with Gasteiger partial charge in [0.25, 0.3) is 0 Å². The number of amides is 2. The van der Waals surface area contributed by atoms with E-state index in [1.165, 1.54) is 4.90 Å². The fraction of sp³-hybridized carbons (Fsp3) is 0.429. The lowest BCUT2D eigenvalue weighted by Gasteiger charge is -2.21. The molecule has 1 aromatic carbocycles. The molecule has 0 saturated carbocycles. The molecule has 0 aliphatic rings. The normalized spacial score (nSPS) is 10.1. The van der Waals surface area contributed by atoms with Crippen molar-refractivity contribution in [3.63, 3.8) is 0 Å². The van der Waals surface area contributed by atoms with Gasteiger partial charge in [-0.05, 0) is 24.6 Å². The van der Waals surface area contributed by atoms with Crippen LogP contribution in [0.2, 0.25) is 5.02 Å². The van der Waals surface area contributed by atoms with Gasteiger partial charge in [0, 0.05) is 17.3 Å². The van der Waals surface area contributed by atoms with Gasteiger partial charge in [0.15, 0.2) is 0 Å². The van der Waals surface area contributed by atoms with Gasteiger partial charge in [0.1, 0.15) is 6.54 Å². The number of rotatable bonds is 7. The van der Waals surface area contributed by atoms with Gasteiger partial charge in [-0.25, -0.2) is 4.79 Å². The highest BCUT2D eigenvalue weighted by Crippen LogP contribution is 2.19. The van der Waals surface area contributed by atoms with E-state index in [0.29, 0.717) is 17.3 Å². The summed E-state index contributed by atoms with van der Waals surface area (Å²) in [6, 6.07) is 6.14. The molecule has 0 heterocycles. The van der Waals surface area contributed by atoms with Crippen molar-refractivity contribution in [1.82, 2.24) is 5.32 Å². The molecule has 0 fully saturated rings. The van der Waals surface area contributed by atoms with Gasteiger partial charge >= 0.3 is 12.0 Å². The molecular weight excluding hydrogens is 280 g/mol. The second-order valence-corrected chi connectivity index (χ2v) is 4.84. The summed E-state index contributed by atoms with van der Waals surface area (Å²) in [5.41, 5.74) is 0.466. The number of benzene rings is 1. The molecule has 6 heteroatoms. The van der Waals surface area contributed by atoms with Crippen LogP contribution in [0.5, 0.6) is 0 Å². The Labute approximate surface area is 123 Å². The minimum absolute atomic E-state index is 0.403. The van der Waals surface area contributed by atoms with Crippen LogP contribution in [0.25, 0.3) is 0 Å². The zero-order chi connectivity index (χ0) is 15.0. The molecule has 0 unspecified atom stereocenters. The van der Waals surface area contributed by atoms with Crippen LogP contribution in [-0.2, 0) is 4.79 Å². The number of halogens is 1. The predicted octanol–water partition coefficient (Wildman–Crippen LogP) is 3.13. The van der Waals surface area contributed by atoms with E-state index in [1.807, 2.05) is 0 Å². The second-order valence-electron chi connectivity index (χ2n) is 4.40. The molecule has 0 aliphatic heterocycles. The average Bonchev–Trinajstić information content (AvgIpc) is 2.40. The summed E-state index contributed by atoms with van der Waals surface area (Å²) in [6.45, 7) is 2.20. The van der Waals surface area contributed by atoms with Crippen molar-refractivity contribution in [3.8, 4) is 0 Å². The third-order valence-corrected chi connectivity index (χ3v) is 2.95. The highest BCUT2D eigenvalue weighted by molar-refractivity contribution is 6.30. The van der Waals surface area contributed by atoms with Gasteiger partial charge in [-0.2, -0.15) is 0 Å². The lowest BCUT2D eigenvalue weighted by atomic mass is 10.2. The summed E-state index contributed by atoms with van der Waals surface area (Å²) >= 11 is 5.87. The van der Waals surface area contributed by atoms with Crippen molar-refractivity contribution >= 4 is 29.3 Å². The summed E-state index contributed by atoms with van der Waals surface area (Å²) in [5.74, 6) is -1.08. The summed E-state index contributed by atoms with van der Waals surface area (Å²) in [4.78, 5) is 24.1. The Bertz CT molecular complexity index is 465. The average molecular weight is 299 g/mol. The minimum Gasteiger partial charge on any atom is -0.480 e. The van der Waals surface area contributed by atoms with Gasteiger partial charge in [-0.3, -0.25) is 9.69 Å². The van der Waals surface area contributed by atoms with E-state index in [9.17, 15) is 9.59 Å². The molecular formula is C14H19ClN2O3. The fourth-order valence-electron chi connectivity index (χ4n) is 1.73. The van der Waals surface area contributed by atoms with E-state index in [1.54, 1.807) is 24.3 Å². The molecule has 0 atom stereocenters. The van der Waals surface area contributed by atoms with E-state index in [0.717, 1.165) is 19.3 Å². The molecule has 0 spiro atoms. The number of carbonyl (C=O) groups is 2. The van der Waals surface area contributed by atoms with Crippen molar-refractivity contribution in [2.24, 2.45) is 0 Å². The molecule has 0 aliphatic carbocycles. The van der Waals surface area contributed by atoms with Crippen LogP contribution in [0.4, 0.5) is 10.5 Å². The zero-order valence-corrected chi connectivity index (χ0v) is 12.2. The van der Waals surface area contributed by atoms with Crippen LogP contribution in [0, 0.1) is 0 Å². The number of unbranched alkanes of at least 4 members (excludes halogenated alkanes) is 2. The van der Waals surface area contributed by atoms with Crippen LogP contribution in [0.15, 0.2) is 24.3 Å². The number of urea groups is 1. The topological polar surface area (TPSA) is 69.6 Å². The second kappa shape index (κ2) is 8.43. The molecule has 1 rings (SSSR count). The predicted molar refractivity (Wildman–Crippen MR) is 79.4 cm³/mol. The maximum Gasteiger partial charge on any atom is 0.323 e. The number of aliphatic carboxylic acids is 1. The molecule has 0 saturated heterocycles. The Hall–Kier alpha value is -1.75. The van der Waals surface area contributed by atoms with Crippen molar-refractivity contribution in [3.05, 3.63) is 29.3 Å². The standard InChI is InChI=1S/C14H19ClN2O3/c1-2-3-4-8-16-14(20)17(10-13(18)19)12-7-5-6-11(15)9-12/h5-7,9H,2-4,8,10H2,1H3,(H,16,20)(H,18,19). The Balaban J connectivity index is 2.73. The van der Waals surface area contributed by atoms with E-state index < -0.39 is 18.5 Å². The first-order valence-electron chi connectivity index (χ1n) is 6.57. The summed E-state index contributed by atoms with van der Waals surface area (Å²) < 4.78 is 0. The molecule has 0 aromatic heterocycles. The number of hydrogen-bond donors (Lipinski definition) is 2. The van der Waals surface area contributed by atoms with Gasteiger partial charge in [-0.15, -0.1) is 0 Å². The van der Waals surface area contributed by atoms with Crippen molar-refractivity contribution in [1.29, 1.82) is 0 Å². The van der Waals surface area contributed by atoms with Gasteiger partial charge in [0.05, 0.1) is 0 Å². The summed E-state index contributed by atoms with van der Waals surface area (Å²) in [6.07, 6.45) is 2.96. The monoisotopic (exact) mass is 298 g/mol. The zero-order valence-electron chi connectivity index (χ0n) is 11.4. The molecule has 2 N–H and O–H groups in total. The highest BCUT2D eigenvalue weighted by atomic mass is 35.5. The van der Waals surface area contributed by atoms with Gasteiger partial charge in [0.2, 0.25) is 0 Å². The first kappa shape index (κ1) is 16.3. The van der Waals surface area contributed by atoms with Crippen molar-refractivity contribution < 1.29 is 14.7 Å². The van der Waals surface area contributed by atoms with Crippen LogP contribution in [0.3, 0.4) is 0 Å². The maximum absolute atomic E-state index is 12.1. The van der Waals surface area contributed by atoms with E-state index in [-0.39, 0.29) is 0 Å². The van der Waals surface area contributed by atoms with Crippen LogP contribution < -0.4 is 10.2 Å². The first-order valence-corrected chi connectivity index (χ1v) is 6.95. The Morgan fingerprint density at radius 1 is 1.35 bits per heavy atom. The number of nitrogens with one attached hydrogen (secondary N) is 1. The van der Waals surface area contributed by atoms with Crippen molar-refractivity contribution in [2.45, 2.75) is 26.2 Å². The molecule has 2 amide bonds. The Kier molecular flexibility index (Phi) is 6.87. The van der Waals surface area contributed by atoms with Gasteiger partial charge < -0.3 is 10.4 Å². The van der Waals surface area contributed by atoms with E-state index in [4.69, 9.17) is 16.7 Å². The molecule has 5 nitrogen and oxygen atoms in total. The first-order chi connectivity index (χ1) is 9.54. The lowest BCUT2D eigenvalue weighted by Crippen LogP contribution is -2.43. The maximum atomic E-state index is 12.1. The molecule has 0 bridgehead atoms. The van der Waals surface area contributed by atoms with E-state index >= 15 is 0 Å². The van der Waals surface area contributed by atoms with E-state index in [2.05, 4.69) is 12.2 Å². The number of nitrogens with zero attached hydrogens (tertiary/aromatic N) is 1. The van der Waals surface area contributed by atoms with Crippen LogP contribution in [-0.4, -0.2) is 30.2 Å². The summed E-state index contributed by atoms with van der Waals surface area (Å²) in [7, 11) is 0. The smallest absolute Gasteiger partial charge is 0.323 e. The quantitative estimate of drug-likeness (QED) is 0.760. The number of hydrogen-bond acceptors (Lipinski definition) is 2. The molecule has 110 valence electrons. The van der Waals surface area contributed by atoms with Crippen molar-refractivity contribution in [2.75, 3.05) is 18.0 Å². The van der Waals surface area contributed by atoms with Gasteiger partial charge in [-0.1, -0.05) is 37.4 Å².